The molecule has 42 heavy (non-hydrogen) atoms. The van der Waals surface area contributed by atoms with Crippen molar-refractivity contribution < 1.29 is 38.2 Å². The molecule has 0 rings (SSSR count). The maximum absolute atomic E-state index is 12.5. The largest absolute Gasteiger partial charge is 0.544 e. The highest BCUT2D eigenvalue weighted by Gasteiger charge is 2.25. The number of allylic oxidation sites excluding steroid dienone is 9. The van der Waals surface area contributed by atoms with Gasteiger partial charge in [-0.05, 0) is 51.4 Å². The van der Waals surface area contributed by atoms with E-state index < -0.39 is 24.1 Å². The molecule has 2 unspecified atom stereocenters. The average molecular weight is 590 g/mol. The van der Waals surface area contributed by atoms with Gasteiger partial charge in [0, 0.05) is 12.8 Å². The van der Waals surface area contributed by atoms with Crippen molar-refractivity contribution in [2.24, 2.45) is 0 Å². The fourth-order valence-corrected chi connectivity index (χ4v) is 3.81. The number of likely N-dealkylation sites (N-methyl/N-ethyl adjacent to an activating group) is 1. The summed E-state index contributed by atoms with van der Waals surface area (Å²) in [5, 5.41) is 11.5. The van der Waals surface area contributed by atoms with Crippen LogP contribution in [0.15, 0.2) is 60.8 Å². The Hall–Kier alpha value is -2.97. The molecule has 2 atom stereocenters. The third-order valence-electron chi connectivity index (χ3n) is 6.18. The summed E-state index contributed by atoms with van der Waals surface area (Å²) in [6, 6.07) is -0.741. The highest BCUT2D eigenvalue weighted by atomic mass is 16.6. The predicted molar refractivity (Wildman–Crippen MR) is 166 cm³/mol. The maximum atomic E-state index is 12.5. The number of unbranched alkanes of at least 4 members (excludes halogenated alkanes) is 2. The Morgan fingerprint density at radius 3 is 1.88 bits per heavy atom. The number of carboxylic acid groups (broad SMARTS) is 1. The van der Waals surface area contributed by atoms with Crippen molar-refractivity contribution in [1.82, 2.24) is 0 Å². The van der Waals surface area contributed by atoms with Gasteiger partial charge in [-0.15, -0.1) is 0 Å². The Balaban J connectivity index is 4.71. The van der Waals surface area contributed by atoms with Crippen molar-refractivity contribution in [3.63, 3.8) is 0 Å². The fraction of sp³-hybridized carbons (Fsp3) is 0.618. The number of esters is 2. The quantitative estimate of drug-likeness (QED) is 0.0609. The Bertz CT molecular complexity index is 881. The molecule has 0 radical (unpaired) electrons. The number of aliphatic carboxylic acids is 1. The average Bonchev–Trinajstić information content (AvgIpc) is 2.92. The lowest BCUT2D eigenvalue weighted by atomic mass is 10.1. The molecule has 0 heterocycles. The van der Waals surface area contributed by atoms with Gasteiger partial charge < -0.3 is 28.6 Å². The Kier molecular flexibility index (Phi) is 23.9. The van der Waals surface area contributed by atoms with Gasteiger partial charge in [-0.3, -0.25) is 9.59 Å². The molecule has 0 aromatic carbocycles. The van der Waals surface area contributed by atoms with E-state index in [0.717, 1.165) is 44.9 Å². The number of rotatable bonds is 25. The summed E-state index contributed by atoms with van der Waals surface area (Å²) in [7, 11) is 5.33. The Labute approximate surface area is 254 Å². The van der Waals surface area contributed by atoms with E-state index in [1.807, 2.05) is 12.2 Å². The van der Waals surface area contributed by atoms with Crippen molar-refractivity contribution in [1.29, 1.82) is 0 Å². The molecule has 0 aliphatic carbocycles. The first-order valence-electron chi connectivity index (χ1n) is 15.3. The first kappa shape index (κ1) is 39.0. The zero-order valence-corrected chi connectivity index (χ0v) is 26.6. The third kappa shape index (κ3) is 23.7. The molecule has 8 nitrogen and oxygen atoms in total. The van der Waals surface area contributed by atoms with E-state index in [-0.39, 0.29) is 49.5 Å². The fourth-order valence-electron chi connectivity index (χ4n) is 3.81. The molecule has 0 aliphatic heterocycles. The lowest BCUT2D eigenvalue weighted by molar-refractivity contribution is -0.889. The van der Waals surface area contributed by atoms with Crippen molar-refractivity contribution in [3.8, 4) is 0 Å². The highest BCUT2D eigenvalue weighted by molar-refractivity contribution is 5.71. The summed E-state index contributed by atoms with van der Waals surface area (Å²) in [6.07, 6.45) is 27.4. The van der Waals surface area contributed by atoms with E-state index in [1.54, 1.807) is 27.2 Å². The minimum atomic E-state index is -1.15. The van der Waals surface area contributed by atoms with Crippen LogP contribution in [0.25, 0.3) is 0 Å². The van der Waals surface area contributed by atoms with E-state index in [0.29, 0.717) is 6.42 Å². The molecule has 8 heteroatoms. The van der Waals surface area contributed by atoms with E-state index in [9.17, 15) is 19.5 Å². The molecule has 0 aromatic rings. The van der Waals surface area contributed by atoms with Crippen molar-refractivity contribution in [3.05, 3.63) is 60.8 Å². The first-order chi connectivity index (χ1) is 20.1. The van der Waals surface area contributed by atoms with Crippen LogP contribution in [0, 0.1) is 0 Å². The topological polar surface area (TPSA) is 102 Å². The summed E-state index contributed by atoms with van der Waals surface area (Å²) >= 11 is 0. The second kappa shape index (κ2) is 25.7. The normalized spacial score (nSPS) is 14.0. The lowest BCUT2D eigenvalue weighted by Gasteiger charge is -2.34. The number of nitrogens with zero attached hydrogens (tertiary/aromatic N) is 1. The molecule has 0 bridgehead atoms. The smallest absolute Gasteiger partial charge is 0.309 e. The molecular formula is C34H55NO7. The van der Waals surface area contributed by atoms with Gasteiger partial charge in [0.1, 0.15) is 12.6 Å². The number of carbonyl (C=O) groups excluding carboxylic acids is 3. The molecular weight excluding hydrogens is 534 g/mol. The molecule has 0 spiro atoms. The minimum absolute atomic E-state index is 0.00292. The van der Waals surface area contributed by atoms with Gasteiger partial charge in [0.05, 0.1) is 46.7 Å². The van der Waals surface area contributed by atoms with Gasteiger partial charge in [0.2, 0.25) is 0 Å². The number of carboxylic acids is 1. The van der Waals surface area contributed by atoms with Crippen LogP contribution in [0.2, 0.25) is 0 Å². The molecule has 0 N–H and O–H groups in total. The van der Waals surface area contributed by atoms with Gasteiger partial charge in [-0.25, -0.2) is 0 Å². The summed E-state index contributed by atoms with van der Waals surface area (Å²) in [5.41, 5.74) is 0. The molecule has 0 aromatic heterocycles. The van der Waals surface area contributed by atoms with E-state index >= 15 is 0 Å². The molecule has 0 amide bonds. The first-order valence-corrected chi connectivity index (χ1v) is 15.3. The Morgan fingerprint density at radius 2 is 1.31 bits per heavy atom. The van der Waals surface area contributed by atoms with Crippen molar-refractivity contribution in [2.45, 2.75) is 96.6 Å². The van der Waals surface area contributed by atoms with Crippen LogP contribution in [0.5, 0.6) is 0 Å². The van der Waals surface area contributed by atoms with E-state index in [1.165, 1.54) is 0 Å². The van der Waals surface area contributed by atoms with Crippen LogP contribution < -0.4 is 5.11 Å². The van der Waals surface area contributed by atoms with Crippen LogP contribution >= 0.6 is 0 Å². The van der Waals surface area contributed by atoms with E-state index in [4.69, 9.17) is 14.2 Å². The molecule has 0 saturated heterocycles. The monoisotopic (exact) mass is 589 g/mol. The van der Waals surface area contributed by atoms with Gasteiger partial charge in [0.15, 0.2) is 6.10 Å². The summed E-state index contributed by atoms with van der Waals surface area (Å²) < 4.78 is 16.8. The van der Waals surface area contributed by atoms with Crippen molar-refractivity contribution >= 4 is 17.9 Å². The van der Waals surface area contributed by atoms with E-state index in [2.05, 4.69) is 56.4 Å². The standard InChI is InChI=1S/C34H55NO7/c1-6-8-10-12-14-16-18-20-22-24-32(36)41-29-30(28-40-27-26-31(34(38)39)35(3,4)5)42-33(37)25-23-21-19-17-15-13-11-9-7-2/h8-11,14-17,20,22,30-31H,6-7,12-13,18-19,21,23-29H2,1-5H3/b10-8+,11-9+,16-14+,17-15+,22-20+. The van der Waals surface area contributed by atoms with Crippen LogP contribution in [0.1, 0.15) is 84.5 Å². The van der Waals surface area contributed by atoms with Crippen LogP contribution in [-0.2, 0) is 28.6 Å². The number of quaternary nitrogens is 1. The van der Waals surface area contributed by atoms with Gasteiger partial charge in [0.25, 0.3) is 0 Å². The van der Waals surface area contributed by atoms with Crippen LogP contribution in [0.3, 0.4) is 0 Å². The highest BCUT2D eigenvalue weighted by Crippen LogP contribution is 2.09. The number of carbonyl (C=O) groups is 3. The number of ether oxygens (including phenoxy) is 3. The summed E-state index contributed by atoms with van der Waals surface area (Å²) in [4.78, 5) is 36.2. The number of hydrogen-bond acceptors (Lipinski definition) is 7. The minimum Gasteiger partial charge on any atom is -0.544 e. The SMILES string of the molecule is CC/C=C/C/C=C/C/C=C/CC(=O)OCC(COCCC(C(=O)[O-])[N+](C)(C)C)OC(=O)CCCC/C=C/C/C=C/CC. The number of hydrogen-bond donors (Lipinski definition) is 0. The van der Waals surface area contributed by atoms with Gasteiger partial charge >= 0.3 is 11.9 Å². The Morgan fingerprint density at radius 1 is 0.738 bits per heavy atom. The van der Waals surface area contributed by atoms with Crippen molar-refractivity contribution in [2.75, 3.05) is 41.0 Å². The van der Waals surface area contributed by atoms with Gasteiger partial charge in [-0.2, -0.15) is 0 Å². The lowest BCUT2D eigenvalue weighted by Crippen LogP contribution is -2.55. The molecule has 0 fully saturated rings. The second-order valence-electron chi connectivity index (χ2n) is 10.9. The van der Waals surface area contributed by atoms with Crippen LogP contribution in [-0.4, -0.2) is 75.5 Å². The van der Waals surface area contributed by atoms with Crippen LogP contribution in [0.4, 0.5) is 0 Å². The molecule has 0 saturated carbocycles. The summed E-state index contributed by atoms with van der Waals surface area (Å²) in [6.45, 7) is 4.20. The zero-order valence-electron chi connectivity index (χ0n) is 26.6. The predicted octanol–water partition coefficient (Wildman–Crippen LogP) is 5.39. The van der Waals surface area contributed by atoms with Gasteiger partial charge in [-0.1, -0.05) is 74.6 Å². The zero-order chi connectivity index (χ0) is 31.5. The molecule has 238 valence electrons. The maximum Gasteiger partial charge on any atom is 0.309 e. The third-order valence-corrected chi connectivity index (χ3v) is 6.18. The molecule has 0 aliphatic rings. The second-order valence-corrected chi connectivity index (χ2v) is 10.9. The summed E-state index contributed by atoms with van der Waals surface area (Å²) in [5.74, 6) is -1.95.